The second kappa shape index (κ2) is 5.27. The summed E-state index contributed by atoms with van der Waals surface area (Å²) in [6, 6.07) is 8.47. The SMILES string of the molecule is O=S(O)c1ccccc1.[Ca+2].[H-].[H-]. The van der Waals surface area contributed by atoms with Crippen LogP contribution in [0.15, 0.2) is 35.2 Å². The van der Waals surface area contributed by atoms with Crippen molar-refractivity contribution in [2.45, 2.75) is 4.90 Å². The van der Waals surface area contributed by atoms with Crippen LogP contribution in [0.4, 0.5) is 0 Å². The molecule has 1 rings (SSSR count). The van der Waals surface area contributed by atoms with Gasteiger partial charge in [-0.15, -0.1) is 0 Å². The average molecular weight is 184 g/mol. The minimum absolute atomic E-state index is 0. The molecule has 0 amide bonds. The molecule has 0 aliphatic heterocycles. The van der Waals surface area contributed by atoms with Crippen LogP contribution in [0, 0.1) is 0 Å². The van der Waals surface area contributed by atoms with Crippen molar-refractivity contribution in [2.24, 2.45) is 0 Å². The van der Waals surface area contributed by atoms with Gasteiger partial charge in [0.2, 0.25) is 0 Å². The van der Waals surface area contributed by atoms with E-state index < -0.39 is 11.1 Å². The molecule has 0 heterocycles. The van der Waals surface area contributed by atoms with Crippen LogP contribution in [0.2, 0.25) is 0 Å². The van der Waals surface area contributed by atoms with E-state index in [1.807, 2.05) is 0 Å². The molecule has 10 heavy (non-hydrogen) atoms. The smallest absolute Gasteiger partial charge is 1.00 e. The molecular formula is C6H8CaO2S. The van der Waals surface area contributed by atoms with Gasteiger partial charge in [0, 0.05) is 0 Å². The van der Waals surface area contributed by atoms with Gasteiger partial charge in [-0.3, -0.25) is 0 Å². The summed E-state index contributed by atoms with van der Waals surface area (Å²) < 4.78 is 18.8. The molecule has 1 aromatic carbocycles. The van der Waals surface area contributed by atoms with E-state index in [1.165, 1.54) is 0 Å². The fourth-order valence-electron chi connectivity index (χ4n) is 0.537. The van der Waals surface area contributed by atoms with E-state index in [9.17, 15) is 4.21 Å². The monoisotopic (exact) mass is 184 g/mol. The van der Waals surface area contributed by atoms with E-state index in [4.69, 9.17) is 4.55 Å². The Morgan fingerprint density at radius 3 is 2.10 bits per heavy atom. The van der Waals surface area contributed by atoms with Gasteiger partial charge >= 0.3 is 37.7 Å². The Labute approximate surface area is 94.9 Å². The normalized spacial score (nSPS) is 11.7. The van der Waals surface area contributed by atoms with Crippen LogP contribution >= 0.6 is 0 Å². The number of benzene rings is 1. The molecule has 0 aliphatic rings. The van der Waals surface area contributed by atoms with Gasteiger partial charge in [-0.2, -0.15) is 0 Å². The molecule has 52 valence electrons. The van der Waals surface area contributed by atoms with Crippen molar-refractivity contribution in [3.05, 3.63) is 30.3 Å². The third kappa shape index (κ3) is 3.12. The van der Waals surface area contributed by atoms with Gasteiger partial charge in [0.15, 0.2) is 11.1 Å². The Morgan fingerprint density at radius 2 is 1.80 bits per heavy atom. The first-order valence-electron chi connectivity index (χ1n) is 2.46. The maximum atomic E-state index is 10.3. The van der Waals surface area contributed by atoms with E-state index in [0.29, 0.717) is 4.90 Å². The van der Waals surface area contributed by atoms with Crippen molar-refractivity contribution in [1.82, 2.24) is 0 Å². The minimum Gasteiger partial charge on any atom is -1.00 e. The Balaban J connectivity index is -0.000000270. The molecule has 1 aromatic rings. The van der Waals surface area contributed by atoms with Gasteiger partial charge in [0.25, 0.3) is 0 Å². The van der Waals surface area contributed by atoms with Crippen LogP contribution < -0.4 is 0 Å². The largest absolute Gasteiger partial charge is 2.00 e. The first kappa shape index (κ1) is 10.6. The summed E-state index contributed by atoms with van der Waals surface area (Å²) in [5, 5.41) is 0. The van der Waals surface area contributed by atoms with Crippen LogP contribution in [-0.2, 0) is 11.1 Å². The fourth-order valence-corrected chi connectivity index (χ4v) is 0.927. The van der Waals surface area contributed by atoms with Crippen molar-refractivity contribution in [1.29, 1.82) is 0 Å². The van der Waals surface area contributed by atoms with E-state index in [0.717, 1.165) is 0 Å². The second-order valence-corrected chi connectivity index (χ2v) is 2.53. The summed E-state index contributed by atoms with van der Waals surface area (Å²) in [7, 11) is 0. The van der Waals surface area contributed by atoms with Gasteiger partial charge in [-0.25, -0.2) is 4.21 Å². The minimum atomic E-state index is -1.83. The van der Waals surface area contributed by atoms with Crippen molar-refractivity contribution in [3.63, 3.8) is 0 Å². The Morgan fingerprint density at radius 1 is 1.30 bits per heavy atom. The maximum absolute atomic E-state index is 10.3. The van der Waals surface area contributed by atoms with Crippen LogP contribution in [0.1, 0.15) is 2.85 Å². The summed E-state index contributed by atoms with van der Waals surface area (Å²) in [6.07, 6.45) is 0. The molecule has 1 unspecified atom stereocenters. The van der Waals surface area contributed by atoms with Gasteiger partial charge in [-0.05, 0) is 12.1 Å². The average Bonchev–Trinajstić information content (AvgIpc) is 1.90. The van der Waals surface area contributed by atoms with Crippen molar-refractivity contribution >= 4 is 48.8 Å². The van der Waals surface area contributed by atoms with Crippen molar-refractivity contribution < 1.29 is 11.6 Å². The molecular weight excluding hydrogens is 176 g/mol. The molecule has 0 saturated heterocycles. The summed E-state index contributed by atoms with van der Waals surface area (Å²) in [4.78, 5) is 0.442. The van der Waals surface area contributed by atoms with Crippen LogP contribution in [0.3, 0.4) is 0 Å². The Kier molecular flexibility index (Phi) is 5.58. The summed E-state index contributed by atoms with van der Waals surface area (Å²) in [5.74, 6) is 0. The Bertz CT molecular complexity index is 220. The van der Waals surface area contributed by atoms with Crippen LogP contribution in [0.25, 0.3) is 0 Å². The molecule has 1 atom stereocenters. The van der Waals surface area contributed by atoms with E-state index in [2.05, 4.69) is 0 Å². The molecule has 4 heteroatoms. The first-order chi connectivity index (χ1) is 4.30. The zero-order chi connectivity index (χ0) is 6.69. The summed E-state index contributed by atoms with van der Waals surface area (Å²) in [5.41, 5.74) is 0. The number of hydrogen-bond donors (Lipinski definition) is 1. The standard InChI is InChI=1S/C6H6O2S.Ca.2H/c7-9(8)6-4-2-1-3-5-6;;;/h1-5H,(H,7,8);;;/q;+2;2*-1. The predicted octanol–water partition coefficient (Wildman–Crippen LogP) is 1.11. The summed E-state index contributed by atoms with van der Waals surface area (Å²) in [6.45, 7) is 0. The van der Waals surface area contributed by atoms with Gasteiger partial charge in [0.05, 0.1) is 4.90 Å². The zero-order valence-corrected chi connectivity index (χ0v) is 8.38. The molecule has 0 aliphatic carbocycles. The topological polar surface area (TPSA) is 37.3 Å². The third-order valence-corrected chi connectivity index (χ3v) is 1.62. The predicted molar refractivity (Wildman–Crippen MR) is 43.5 cm³/mol. The van der Waals surface area contributed by atoms with E-state index >= 15 is 0 Å². The van der Waals surface area contributed by atoms with Gasteiger partial charge in [-0.1, -0.05) is 18.2 Å². The van der Waals surface area contributed by atoms with E-state index in [1.54, 1.807) is 30.3 Å². The zero-order valence-electron chi connectivity index (χ0n) is 7.36. The molecule has 0 bridgehead atoms. The first-order valence-corrected chi connectivity index (χ1v) is 3.57. The molecule has 0 fully saturated rings. The van der Waals surface area contributed by atoms with Gasteiger partial charge in [0.1, 0.15) is 0 Å². The molecule has 0 saturated carbocycles. The molecule has 0 aromatic heterocycles. The van der Waals surface area contributed by atoms with Crippen LogP contribution in [-0.4, -0.2) is 46.5 Å². The fraction of sp³-hybridized carbons (Fsp3) is 0. The molecule has 2 nitrogen and oxygen atoms in total. The van der Waals surface area contributed by atoms with Crippen molar-refractivity contribution in [3.8, 4) is 0 Å². The molecule has 1 N–H and O–H groups in total. The Hall–Kier alpha value is 0.590. The maximum Gasteiger partial charge on any atom is 2.00 e. The molecule has 0 spiro atoms. The van der Waals surface area contributed by atoms with Crippen molar-refractivity contribution in [2.75, 3.05) is 0 Å². The summed E-state index contributed by atoms with van der Waals surface area (Å²) >= 11 is -1.83. The molecule has 0 radical (unpaired) electrons. The van der Waals surface area contributed by atoms with E-state index in [-0.39, 0.29) is 40.6 Å². The quantitative estimate of drug-likeness (QED) is 0.524. The third-order valence-electron chi connectivity index (χ3n) is 0.945. The number of hydrogen-bond acceptors (Lipinski definition) is 1. The number of rotatable bonds is 1. The second-order valence-electron chi connectivity index (χ2n) is 1.56. The van der Waals surface area contributed by atoms with Gasteiger partial charge < -0.3 is 7.41 Å². The van der Waals surface area contributed by atoms with Crippen LogP contribution in [0.5, 0.6) is 0 Å².